The van der Waals surface area contributed by atoms with Gasteiger partial charge in [-0.1, -0.05) is 11.6 Å². The molecule has 94 valence electrons. The fourth-order valence-electron chi connectivity index (χ4n) is 2.14. The summed E-state index contributed by atoms with van der Waals surface area (Å²) in [5.74, 6) is -0.857. The van der Waals surface area contributed by atoms with E-state index in [1.807, 2.05) is 32.0 Å². The van der Waals surface area contributed by atoms with Crippen molar-refractivity contribution in [3.63, 3.8) is 0 Å². The molecule has 1 aromatic heterocycles. The highest BCUT2D eigenvalue weighted by atomic mass is 16.4. The molecule has 0 spiro atoms. The summed E-state index contributed by atoms with van der Waals surface area (Å²) in [6.07, 6.45) is 0. The maximum Gasteiger partial charge on any atom is 0.315 e. The summed E-state index contributed by atoms with van der Waals surface area (Å²) in [4.78, 5) is 15.9. The van der Waals surface area contributed by atoms with Gasteiger partial charge >= 0.3 is 5.97 Å². The zero-order valence-electron chi connectivity index (χ0n) is 11.1. The Morgan fingerprint density at radius 1 is 1.22 bits per heavy atom. The number of carboxylic acids is 1. The number of benzene rings is 1. The van der Waals surface area contributed by atoms with Gasteiger partial charge in [-0.25, -0.2) is 0 Å². The van der Waals surface area contributed by atoms with Crippen LogP contribution in [0.1, 0.15) is 30.7 Å². The molecule has 3 nitrogen and oxygen atoms in total. The minimum atomic E-state index is -0.969. The Kier molecular flexibility index (Phi) is 2.85. The van der Waals surface area contributed by atoms with E-state index in [0.717, 1.165) is 16.5 Å². The van der Waals surface area contributed by atoms with E-state index in [4.69, 9.17) is 0 Å². The monoisotopic (exact) mass is 243 g/mol. The minimum absolute atomic E-state index is 0.631. The predicted octanol–water partition coefficient (Wildman–Crippen LogP) is 3.21. The van der Waals surface area contributed by atoms with E-state index in [1.165, 1.54) is 5.56 Å². The van der Waals surface area contributed by atoms with Gasteiger partial charge in [-0.15, -0.1) is 0 Å². The molecule has 1 heterocycles. The molecule has 2 rings (SSSR count). The lowest BCUT2D eigenvalue weighted by atomic mass is 9.86. The van der Waals surface area contributed by atoms with Crippen LogP contribution in [0.15, 0.2) is 24.3 Å². The van der Waals surface area contributed by atoms with Crippen molar-refractivity contribution >= 4 is 16.9 Å². The number of pyridine rings is 1. The summed E-state index contributed by atoms with van der Waals surface area (Å²) in [6.45, 7) is 7.31. The Morgan fingerprint density at radius 2 is 1.89 bits per heavy atom. The first-order valence-corrected chi connectivity index (χ1v) is 5.94. The number of fused-ring (bicyclic) bond motifs is 1. The van der Waals surface area contributed by atoms with Gasteiger partial charge in [-0.2, -0.15) is 0 Å². The molecule has 0 radical (unpaired) electrons. The summed E-state index contributed by atoms with van der Waals surface area (Å²) >= 11 is 0. The summed E-state index contributed by atoms with van der Waals surface area (Å²) in [6, 6.07) is 8.00. The SMILES string of the molecule is Cc1ccc2nc(C(C)(C)C(=O)O)c(C)cc2c1. The molecule has 0 unspecified atom stereocenters. The van der Waals surface area contributed by atoms with Gasteiger partial charge in [0.15, 0.2) is 0 Å². The van der Waals surface area contributed by atoms with Gasteiger partial charge in [-0.05, 0) is 51.5 Å². The van der Waals surface area contributed by atoms with Crippen LogP contribution in [0.3, 0.4) is 0 Å². The van der Waals surface area contributed by atoms with Crippen LogP contribution in [0.2, 0.25) is 0 Å². The first-order chi connectivity index (χ1) is 8.32. The van der Waals surface area contributed by atoms with E-state index in [0.29, 0.717) is 5.69 Å². The van der Waals surface area contributed by atoms with Crippen LogP contribution < -0.4 is 0 Å². The average molecular weight is 243 g/mol. The van der Waals surface area contributed by atoms with Gasteiger partial charge in [0.25, 0.3) is 0 Å². The molecule has 0 saturated carbocycles. The van der Waals surface area contributed by atoms with E-state index < -0.39 is 11.4 Å². The average Bonchev–Trinajstić information content (AvgIpc) is 2.27. The molecule has 1 N–H and O–H groups in total. The molecule has 0 atom stereocenters. The number of hydrogen-bond acceptors (Lipinski definition) is 2. The van der Waals surface area contributed by atoms with Gasteiger partial charge in [-0.3, -0.25) is 9.78 Å². The quantitative estimate of drug-likeness (QED) is 0.881. The number of nitrogens with zero attached hydrogens (tertiary/aromatic N) is 1. The molecule has 18 heavy (non-hydrogen) atoms. The molecule has 0 aliphatic rings. The topological polar surface area (TPSA) is 50.2 Å². The maximum absolute atomic E-state index is 11.3. The normalized spacial score (nSPS) is 11.8. The predicted molar refractivity (Wildman–Crippen MR) is 71.9 cm³/mol. The Balaban J connectivity index is 2.71. The Labute approximate surface area is 106 Å². The lowest BCUT2D eigenvalue weighted by molar-refractivity contribution is -0.142. The maximum atomic E-state index is 11.3. The van der Waals surface area contributed by atoms with Crippen molar-refractivity contribution in [1.82, 2.24) is 4.98 Å². The highest BCUT2D eigenvalue weighted by molar-refractivity contribution is 5.84. The van der Waals surface area contributed by atoms with Crippen molar-refractivity contribution in [3.8, 4) is 0 Å². The first kappa shape index (κ1) is 12.6. The van der Waals surface area contributed by atoms with Crippen molar-refractivity contribution in [3.05, 3.63) is 41.1 Å². The van der Waals surface area contributed by atoms with Crippen LogP contribution in [0.5, 0.6) is 0 Å². The third-order valence-corrected chi connectivity index (χ3v) is 3.29. The van der Waals surface area contributed by atoms with Gasteiger partial charge in [0, 0.05) is 5.39 Å². The van der Waals surface area contributed by atoms with Crippen LogP contribution in [-0.2, 0) is 10.2 Å². The smallest absolute Gasteiger partial charge is 0.315 e. The Bertz CT molecular complexity index is 630. The number of aliphatic carboxylic acids is 1. The summed E-state index contributed by atoms with van der Waals surface area (Å²) in [5.41, 5.74) is 2.60. The Morgan fingerprint density at radius 3 is 2.50 bits per heavy atom. The number of aryl methyl sites for hydroxylation is 2. The molecule has 0 amide bonds. The van der Waals surface area contributed by atoms with E-state index >= 15 is 0 Å². The molecule has 3 heteroatoms. The van der Waals surface area contributed by atoms with Crippen molar-refractivity contribution in [2.75, 3.05) is 0 Å². The van der Waals surface area contributed by atoms with Crippen molar-refractivity contribution in [2.24, 2.45) is 0 Å². The van der Waals surface area contributed by atoms with Gasteiger partial charge in [0.05, 0.1) is 11.2 Å². The van der Waals surface area contributed by atoms with Crippen molar-refractivity contribution < 1.29 is 9.90 Å². The van der Waals surface area contributed by atoms with E-state index in [9.17, 15) is 9.90 Å². The van der Waals surface area contributed by atoms with Crippen LogP contribution in [0, 0.1) is 13.8 Å². The fraction of sp³-hybridized carbons (Fsp3) is 0.333. The molecule has 0 saturated heterocycles. The zero-order valence-corrected chi connectivity index (χ0v) is 11.1. The first-order valence-electron chi connectivity index (χ1n) is 5.94. The van der Waals surface area contributed by atoms with Gasteiger partial charge in [0.1, 0.15) is 5.41 Å². The van der Waals surface area contributed by atoms with Crippen LogP contribution in [-0.4, -0.2) is 16.1 Å². The number of aromatic nitrogens is 1. The zero-order chi connectivity index (χ0) is 13.5. The van der Waals surface area contributed by atoms with Crippen LogP contribution in [0.25, 0.3) is 10.9 Å². The molecule has 0 aliphatic heterocycles. The molecule has 0 fully saturated rings. The molecular formula is C15H17NO2. The molecule has 2 aromatic rings. The second-order valence-corrected chi connectivity index (χ2v) is 5.28. The third-order valence-electron chi connectivity index (χ3n) is 3.29. The number of carbonyl (C=O) groups is 1. The Hall–Kier alpha value is -1.90. The summed E-state index contributed by atoms with van der Waals surface area (Å²) in [5, 5.41) is 10.3. The molecule has 0 bridgehead atoms. The number of hydrogen-bond donors (Lipinski definition) is 1. The third kappa shape index (κ3) is 1.96. The van der Waals surface area contributed by atoms with E-state index in [1.54, 1.807) is 13.8 Å². The largest absolute Gasteiger partial charge is 0.481 e. The number of rotatable bonds is 2. The summed E-state index contributed by atoms with van der Waals surface area (Å²) in [7, 11) is 0. The van der Waals surface area contributed by atoms with Gasteiger partial charge in [0.2, 0.25) is 0 Å². The standard InChI is InChI=1S/C15H17NO2/c1-9-5-6-12-11(7-9)8-10(2)13(16-12)15(3,4)14(17)18/h5-8H,1-4H3,(H,17,18). The van der Waals surface area contributed by atoms with E-state index in [2.05, 4.69) is 11.1 Å². The fourth-order valence-corrected chi connectivity index (χ4v) is 2.14. The summed E-state index contributed by atoms with van der Waals surface area (Å²) < 4.78 is 0. The molecule has 0 aliphatic carbocycles. The second-order valence-electron chi connectivity index (χ2n) is 5.28. The van der Waals surface area contributed by atoms with Crippen molar-refractivity contribution in [2.45, 2.75) is 33.1 Å². The van der Waals surface area contributed by atoms with Crippen molar-refractivity contribution in [1.29, 1.82) is 0 Å². The highest BCUT2D eigenvalue weighted by Gasteiger charge is 2.32. The second kappa shape index (κ2) is 4.09. The highest BCUT2D eigenvalue weighted by Crippen LogP contribution is 2.27. The van der Waals surface area contributed by atoms with Gasteiger partial charge < -0.3 is 5.11 Å². The van der Waals surface area contributed by atoms with Crippen LogP contribution in [0.4, 0.5) is 0 Å². The minimum Gasteiger partial charge on any atom is -0.481 e. The van der Waals surface area contributed by atoms with E-state index in [-0.39, 0.29) is 0 Å². The number of carboxylic acid groups (broad SMARTS) is 1. The lowest BCUT2D eigenvalue weighted by Gasteiger charge is -2.21. The lowest BCUT2D eigenvalue weighted by Crippen LogP contribution is -2.30. The molecule has 1 aromatic carbocycles. The molecular weight excluding hydrogens is 226 g/mol. The van der Waals surface area contributed by atoms with Crippen LogP contribution >= 0.6 is 0 Å².